The van der Waals surface area contributed by atoms with Crippen LogP contribution < -0.4 is 15.4 Å². The van der Waals surface area contributed by atoms with Crippen LogP contribution in [0.4, 0.5) is 24.5 Å². The molecular formula is C17H16F3N3O4S. The van der Waals surface area contributed by atoms with Crippen LogP contribution in [0.1, 0.15) is 15.9 Å². The van der Waals surface area contributed by atoms with Gasteiger partial charge in [-0.2, -0.15) is 13.2 Å². The second-order valence-electron chi connectivity index (χ2n) is 5.78. The van der Waals surface area contributed by atoms with Crippen LogP contribution in [0.15, 0.2) is 48.5 Å². The number of nitrogens with two attached hydrogens (primary N) is 1. The van der Waals surface area contributed by atoms with Crippen molar-refractivity contribution in [3.63, 3.8) is 0 Å². The van der Waals surface area contributed by atoms with E-state index in [-0.39, 0.29) is 16.9 Å². The van der Waals surface area contributed by atoms with Gasteiger partial charge in [-0.1, -0.05) is 18.2 Å². The van der Waals surface area contributed by atoms with E-state index in [4.69, 9.17) is 5.73 Å². The maximum Gasteiger partial charge on any atom is 0.416 e. The monoisotopic (exact) mass is 415 g/mol. The van der Waals surface area contributed by atoms with Crippen LogP contribution >= 0.6 is 0 Å². The zero-order valence-corrected chi connectivity index (χ0v) is 15.3. The number of primary amides is 1. The summed E-state index contributed by atoms with van der Waals surface area (Å²) in [6, 6.07) is 9.37. The second-order valence-corrected chi connectivity index (χ2v) is 7.68. The lowest BCUT2D eigenvalue weighted by Gasteiger charge is -2.23. The predicted molar refractivity (Wildman–Crippen MR) is 97.2 cm³/mol. The maximum absolute atomic E-state index is 12.9. The van der Waals surface area contributed by atoms with E-state index in [9.17, 15) is 31.2 Å². The summed E-state index contributed by atoms with van der Waals surface area (Å²) in [6.45, 7) is -0.798. The number of amides is 2. The zero-order chi connectivity index (χ0) is 21.1. The van der Waals surface area contributed by atoms with Gasteiger partial charge in [0.2, 0.25) is 15.9 Å². The minimum atomic E-state index is -4.68. The Bertz CT molecular complexity index is 1010. The highest BCUT2D eigenvalue weighted by Gasteiger charge is 2.32. The number of sulfonamides is 1. The number of anilines is 2. The van der Waals surface area contributed by atoms with Crippen molar-refractivity contribution in [3.8, 4) is 0 Å². The Labute approximate surface area is 159 Å². The van der Waals surface area contributed by atoms with E-state index < -0.39 is 40.1 Å². The first-order valence-corrected chi connectivity index (χ1v) is 9.58. The number of hydrogen-bond acceptors (Lipinski definition) is 4. The molecule has 7 nitrogen and oxygen atoms in total. The highest BCUT2D eigenvalue weighted by Crippen LogP contribution is 2.32. The van der Waals surface area contributed by atoms with Gasteiger partial charge in [0.05, 0.1) is 28.8 Å². The molecule has 0 aromatic heterocycles. The number of rotatable bonds is 6. The third kappa shape index (κ3) is 5.22. The van der Waals surface area contributed by atoms with E-state index in [0.717, 1.165) is 24.5 Å². The van der Waals surface area contributed by atoms with E-state index in [2.05, 4.69) is 5.32 Å². The fourth-order valence-corrected chi connectivity index (χ4v) is 3.21. The van der Waals surface area contributed by atoms with Crippen molar-refractivity contribution in [3.05, 3.63) is 59.7 Å². The Kier molecular flexibility index (Phi) is 5.98. The number of nitrogens with one attached hydrogen (secondary N) is 1. The normalized spacial score (nSPS) is 11.7. The largest absolute Gasteiger partial charge is 0.416 e. The Balaban J connectivity index is 2.32. The van der Waals surface area contributed by atoms with Crippen molar-refractivity contribution in [1.29, 1.82) is 0 Å². The van der Waals surface area contributed by atoms with Crippen molar-refractivity contribution in [2.45, 2.75) is 6.18 Å². The lowest BCUT2D eigenvalue weighted by Crippen LogP contribution is -2.37. The highest BCUT2D eigenvalue weighted by atomic mass is 32.2. The van der Waals surface area contributed by atoms with Crippen LogP contribution in [0.5, 0.6) is 0 Å². The van der Waals surface area contributed by atoms with Gasteiger partial charge in [0, 0.05) is 0 Å². The first-order chi connectivity index (χ1) is 12.9. The number of halogens is 3. The van der Waals surface area contributed by atoms with Gasteiger partial charge in [0.15, 0.2) is 0 Å². The quantitative estimate of drug-likeness (QED) is 0.754. The molecule has 0 saturated heterocycles. The fourth-order valence-electron chi connectivity index (χ4n) is 2.36. The smallest absolute Gasteiger partial charge is 0.366 e. The third-order valence-electron chi connectivity index (χ3n) is 3.62. The number of alkyl halides is 3. The zero-order valence-electron chi connectivity index (χ0n) is 14.5. The highest BCUT2D eigenvalue weighted by molar-refractivity contribution is 7.92. The lowest BCUT2D eigenvalue weighted by molar-refractivity contribution is -0.137. The molecule has 0 atom stereocenters. The molecule has 0 bridgehead atoms. The van der Waals surface area contributed by atoms with Crippen LogP contribution in [0.3, 0.4) is 0 Å². The van der Waals surface area contributed by atoms with Crippen LogP contribution in [0.25, 0.3) is 0 Å². The molecule has 2 aromatic rings. The molecule has 11 heteroatoms. The fraction of sp³-hybridized carbons (Fsp3) is 0.176. The Morgan fingerprint density at radius 2 is 1.75 bits per heavy atom. The molecule has 3 N–H and O–H groups in total. The number of hydrogen-bond donors (Lipinski definition) is 2. The number of carbonyl (C=O) groups is 2. The number of nitrogens with zero attached hydrogens (tertiary/aromatic N) is 1. The van der Waals surface area contributed by atoms with Gasteiger partial charge in [-0.3, -0.25) is 13.9 Å². The minimum Gasteiger partial charge on any atom is -0.366 e. The molecule has 0 aliphatic carbocycles. The van der Waals surface area contributed by atoms with Gasteiger partial charge in [-0.25, -0.2) is 8.42 Å². The number of carbonyl (C=O) groups excluding carboxylic acids is 2. The summed E-state index contributed by atoms with van der Waals surface area (Å²) in [7, 11) is -4.08. The van der Waals surface area contributed by atoms with Crippen molar-refractivity contribution < 1.29 is 31.2 Å². The topological polar surface area (TPSA) is 110 Å². The first-order valence-electron chi connectivity index (χ1n) is 7.73. The van der Waals surface area contributed by atoms with Gasteiger partial charge in [0.25, 0.3) is 5.91 Å². The molecule has 0 saturated carbocycles. The molecule has 0 unspecified atom stereocenters. The van der Waals surface area contributed by atoms with Crippen LogP contribution in [-0.4, -0.2) is 33.0 Å². The maximum atomic E-state index is 12.9. The SMILES string of the molecule is CS(=O)(=O)N(CC(=O)Nc1ccccc1C(N)=O)c1cccc(C(F)(F)F)c1. The molecule has 150 valence electrons. The minimum absolute atomic E-state index is 0.000763. The Morgan fingerprint density at radius 3 is 2.32 bits per heavy atom. The van der Waals surface area contributed by atoms with Crippen LogP contribution in [0.2, 0.25) is 0 Å². The third-order valence-corrected chi connectivity index (χ3v) is 4.76. The average molecular weight is 415 g/mol. The van der Waals surface area contributed by atoms with E-state index >= 15 is 0 Å². The van der Waals surface area contributed by atoms with Gasteiger partial charge in [0.1, 0.15) is 6.54 Å². The van der Waals surface area contributed by atoms with Crippen molar-refractivity contribution in [2.24, 2.45) is 5.73 Å². The van der Waals surface area contributed by atoms with Gasteiger partial charge in [-0.15, -0.1) is 0 Å². The van der Waals surface area contributed by atoms with Crippen LogP contribution in [-0.2, 0) is 21.0 Å². The first kappa shape index (κ1) is 21.2. The van der Waals surface area contributed by atoms with Crippen molar-refractivity contribution in [2.75, 3.05) is 22.4 Å². The molecule has 0 radical (unpaired) electrons. The van der Waals surface area contributed by atoms with E-state index in [1.165, 1.54) is 24.3 Å². The second kappa shape index (κ2) is 7.89. The Hall–Kier alpha value is -3.08. The van der Waals surface area contributed by atoms with E-state index in [1.807, 2.05) is 0 Å². The summed E-state index contributed by atoms with van der Waals surface area (Å²) in [5.41, 5.74) is 3.88. The molecule has 0 aliphatic rings. The van der Waals surface area contributed by atoms with Gasteiger partial charge >= 0.3 is 6.18 Å². The summed E-state index contributed by atoms with van der Waals surface area (Å²) in [5.74, 6) is -1.68. The molecule has 0 heterocycles. The lowest BCUT2D eigenvalue weighted by atomic mass is 10.1. The summed E-state index contributed by atoms with van der Waals surface area (Å²) in [6.07, 6.45) is -3.92. The van der Waals surface area contributed by atoms with E-state index in [1.54, 1.807) is 0 Å². The molecule has 2 rings (SSSR count). The van der Waals surface area contributed by atoms with Gasteiger partial charge in [-0.05, 0) is 30.3 Å². The number of para-hydroxylation sites is 1. The standard InChI is InChI=1S/C17H16F3N3O4S/c1-28(26,27)23(12-6-4-5-11(9-12)17(18,19)20)10-15(24)22-14-8-3-2-7-13(14)16(21)25/h2-9H,10H2,1H3,(H2,21,25)(H,22,24). The summed E-state index contributed by atoms with van der Waals surface area (Å²) in [5, 5.41) is 2.34. The molecule has 0 fully saturated rings. The summed E-state index contributed by atoms with van der Waals surface area (Å²) < 4.78 is 63.3. The molecule has 0 spiro atoms. The van der Waals surface area contributed by atoms with Crippen LogP contribution in [0, 0.1) is 0 Å². The van der Waals surface area contributed by atoms with Crippen molar-refractivity contribution >= 4 is 33.2 Å². The van der Waals surface area contributed by atoms with E-state index in [0.29, 0.717) is 10.4 Å². The summed E-state index contributed by atoms with van der Waals surface area (Å²) >= 11 is 0. The predicted octanol–water partition coefficient (Wildman–Crippen LogP) is 2.21. The van der Waals surface area contributed by atoms with Crippen molar-refractivity contribution in [1.82, 2.24) is 0 Å². The summed E-state index contributed by atoms with van der Waals surface area (Å²) in [4.78, 5) is 23.7. The molecule has 0 aliphatic heterocycles. The Morgan fingerprint density at radius 1 is 1.11 bits per heavy atom. The molecule has 2 aromatic carbocycles. The molecule has 2 amide bonds. The molecular weight excluding hydrogens is 399 g/mol. The van der Waals surface area contributed by atoms with Gasteiger partial charge < -0.3 is 11.1 Å². The molecule has 28 heavy (non-hydrogen) atoms. The number of benzene rings is 2. The average Bonchev–Trinajstić information content (AvgIpc) is 2.58.